The van der Waals surface area contributed by atoms with Gasteiger partial charge in [-0.25, -0.2) is 5.43 Å². The fraction of sp³-hybridized carbons (Fsp3) is 0.500. The molecule has 1 aromatic heterocycles. The van der Waals surface area contributed by atoms with Crippen molar-refractivity contribution in [2.75, 3.05) is 6.54 Å². The van der Waals surface area contributed by atoms with Gasteiger partial charge in [-0.3, -0.25) is 29.2 Å². The number of cyclic esters (lactones) is 1. The summed E-state index contributed by atoms with van der Waals surface area (Å²) in [5, 5.41) is 8.82. The first-order valence-corrected chi connectivity index (χ1v) is 13.8. The van der Waals surface area contributed by atoms with Gasteiger partial charge in [0.25, 0.3) is 5.91 Å². The first-order valence-electron chi connectivity index (χ1n) is 13.8. The number of hydrogen-bond donors (Lipinski definition) is 3. The van der Waals surface area contributed by atoms with Crippen molar-refractivity contribution in [2.24, 2.45) is 11.3 Å². The SMILES string of the molecule is CC(C)[C@@H]1NC(=O)C(C)(C)C=Cc2cc3cc(ccc3cn2)[C@@H](C)OC(=O)[C@@H]2CCCN(N2)C(=O)[C@H](C)NC1=O. The molecular weight excluding hydrogens is 510 g/mol. The summed E-state index contributed by atoms with van der Waals surface area (Å²) in [5.41, 5.74) is 3.53. The number of rotatable bonds is 1. The molecule has 0 aliphatic carbocycles. The second-order valence-electron chi connectivity index (χ2n) is 11.6. The minimum absolute atomic E-state index is 0.224. The Bertz CT molecular complexity index is 1340. The van der Waals surface area contributed by atoms with Crippen LogP contribution in [0.1, 0.15) is 71.7 Å². The Morgan fingerprint density at radius 3 is 2.52 bits per heavy atom. The normalized spacial score (nSPS) is 26.4. The van der Waals surface area contributed by atoms with Crippen LogP contribution in [0.4, 0.5) is 0 Å². The monoisotopic (exact) mass is 549 g/mol. The maximum absolute atomic E-state index is 13.3. The summed E-state index contributed by atoms with van der Waals surface area (Å²) in [5.74, 6) is -1.83. The number of benzene rings is 1. The Balaban J connectivity index is 1.70. The molecule has 3 N–H and O–H groups in total. The highest BCUT2D eigenvalue weighted by Crippen LogP contribution is 2.26. The van der Waals surface area contributed by atoms with E-state index in [1.807, 2.05) is 45.0 Å². The molecule has 40 heavy (non-hydrogen) atoms. The summed E-state index contributed by atoms with van der Waals surface area (Å²) in [4.78, 5) is 57.2. The van der Waals surface area contributed by atoms with E-state index in [1.54, 1.807) is 39.1 Å². The second kappa shape index (κ2) is 11.8. The summed E-state index contributed by atoms with van der Waals surface area (Å²) in [6.45, 7) is 11.0. The van der Waals surface area contributed by atoms with Gasteiger partial charge in [0.1, 0.15) is 24.2 Å². The van der Waals surface area contributed by atoms with Crippen molar-refractivity contribution in [3.8, 4) is 0 Å². The average molecular weight is 550 g/mol. The number of aromatic nitrogens is 1. The molecule has 5 bridgehead atoms. The second-order valence-corrected chi connectivity index (χ2v) is 11.6. The third-order valence-corrected chi connectivity index (χ3v) is 7.49. The number of amides is 3. The molecule has 10 heteroatoms. The summed E-state index contributed by atoms with van der Waals surface area (Å²) >= 11 is 0. The highest BCUT2D eigenvalue weighted by atomic mass is 16.5. The number of pyridine rings is 1. The van der Waals surface area contributed by atoms with Gasteiger partial charge >= 0.3 is 5.97 Å². The highest BCUT2D eigenvalue weighted by Gasteiger charge is 2.35. The zero-order valence-corrected chi connectivity index (χ0v) is 24.0. The number of nitrogens with zero attached hydrogens (tertiary/aromatic N) is 2. The Morgan fingerprint density at radius 1 is 1.05 bits per heavy atom. The van der Waals surface area contributed by atoms with Gasteiger partial charge in [0, 0.05) is 18.1 Å². The van der Waals surface area contributed by atoms with E-state index in [9.17, 15) is 19.2 Å². The van der Waals surface area contributed by atoms with E-state index in [-0.39, 0.29) is 17.7 Å². The minimum Gasteiger partial charge on any atom is -0.457 e. The Morgan fingerprint density at radius 2 is 1.80 bits per heavy atom. The predicted molar refractivity (Wildman–Crippen MR) is 151 cm³/mol. The molecule has 3 heterocycles. The smallest absolute Gasteiger partial charge is 0.325 e. The Hall–Kier alpha value is -3.79. The van der Waals surface area contributed by atoms with Gasteiger partial charge < -0.3 is 15.4 Å². The maximum Gasteiger partial charge on any atom is 0.325 e. The van der Waals surface area contributed by atoms with Crippen molar-refractivity contribution in [3.63, 3.8) is 0 Å². The van der Waals surface area contributed by atoms with E-state index in [0.29, 0.717) is 25.1 Å². The van der Waals surface area contributed by atoms with Gasteiger partial charge in [0.2, 0.25) is 11.8 Å². The molecule has 2 aromatic rings. The molecular formula is C30H39N5O5. The molecule has 0 spiro atoms. The van der Waals surface area contributed by atoms with Crippen molar-refractivity contribution in [1.82, 2.24) is 26.1 Å². The number of ether oxygens (including phenoxy) is 1. The summed E-state index contributed by atoms with van der Waals surface area (Å²) in [7, 11) is 0. The van der Waals surface area contributed by atoms with E-state index >= 15 is 0 Å². The van der Waals surface area contributed by atoms with Crippen LogP contribution < -0.4 is 16.1 Å². The first-order chi connectivity index (χ1) is 18.9. The van der Waals surface area contributed by atoms with Gasteiger partial charge in [-0.05, 0) is 75.6 Å². The lowest BCUT2D eigenvalue weighted by Crippen LogP contribution is -2.61. The Kier molecular flexibility index (Phi) is 8.58. The molecule has 214 valence electrons. The van der Waals surface area contributed by atoms with Crippen molar-refractivity contribution in [3.05, 3.63) is 47.8 Å². The van der Waals surface area contributed by atoms with Gasteiger partial charge in [0.15, 0.2) is 0 Å². The minimum atomic E-state index is -0.943. The van der Waals surface area contributed by atoms with Gasteiger partial charge in [0.05, 0.1) is 11.1 Å². The quantitative estimate of drug-likeness (QED) is 0.466. The number of fused-ring (bicyclic) bond motifs is 4. The number of carbonyl (C=O) groups excluding carboxylic acids is 4. The average Bonchev–Trinajstić information content (AvgIpc) is 2.92. The molecule has 0 unspecified atom stereocenters. The van der Waals surface area contributed by atoms with Gasteiger partial charge in [-0.15, -0.1) is 0 Å². The predicted octanol–water partition coefficient (Wildman–Crippen LogP) is 3.03. The summed E-state index contributed by atoms with van der Waals surface area (Å²) < 4.78 is 5.79. The van der Waals surface area contributed by atoms with Crippen LogP contribution in [0.3, 0.4) is 0 Å². The van der Waals surface area contributed by atoms with Crippen LogP contribution in [-0.2, 0) is 23.9 Å². The molecule has 3 amide bonds. The van der Waals surface area contributed by atoms with Crippen LogP contribution in [0.2, 0.25) is 0 Å². The standard InChI is InChI=1S/C30H39N5O5/c1-17(2)25-26(36)32-18(3)27(37)35-13-7-8-24(34-35)28(38)40-19(4)20-9-10-21-16-31-23(15-22(21)14-20)11-12-30(5,6)29(39)33-25/h9-12,14-19,24-25,34H,7-8,13H2,1-6H3,(H,32,36)(H,33,39)/t18-,19+,24-,25-/m0/s1. The zero-order chi connectivity index (χ0) is 29.2. The van der Waals surface area contributed by atoms with Crippen LogP contribution >= 0.6 is 0 Å². The zero-order valence-electron chi connectivity index (χ0n) is 24.0. The maximum atomic E-state index is 13.3. The van der Waals surface area contributed by atoms with Crippen LogP contribution in [0.5, 0.6) is 0 Å². The van der Waals surface area contributed by atoms with E-state index in [1.165, 1.54) is 5.01 Å². The fourth-order valence-corrected chi connectivity index (χ4v) is 4.79. The first kappa shape index (κ1) is 29.2. The molecule has 4 atom stereocenters. The molecule has 0 saturated carbocycles. The lowest BCUT2D eigenvalue weighted by molar-refractivity contribution is -0.157. The molecule has 1 fully saturated rings. The molecule has 2 aliphatic heterocycles. The van der Waals surface area contributed by atoms with Crippen LogP contribution in [-0.4, -0.2) is 58.4 Å². The van der Waals surface area contributed by atoms with Crippen molar-refractivity contribution in [2.45, 2.75) is 78.6 Å². The highest BCUT2D eigenvalue weighted by molar-refractivity contribution is 5.94. The van der Waals surface area contributed by atoms with Crippen molar-refractivity contribution in [1.29, 1.82) is 0 Å². The topological polar surface area (TPSA) is 130 Å². The van der Waals surface area contributed by atoms with Gasteiger partial charge in [-0.1, -0.05) is 32.1 Å². The molecule has 1 aromatic carbocycles. The van der Waals surface area contributed by atoms with E-state index in [2.05, 4.69) is 21.0 Å². The summed E-state index contributed by atoms with van der Waals surface area (Å²) in [6.07, 6.45) is 5.91. The fourth-order valence-electron chi connectivity index (χ4n) is 4.79. The molecule has 4 rings (SSSR count). The molecule has 10 nitrogen and oxygen atoms in total. The molecule has 1 saturated heterocycles. The number of esters is 1. The largest absolute Gasteiger partial charge is 0.457 e. The van der Waals surface area contributed by atoms with E-state index in [4.69, 9.17) is 4.74 Å². The molecule has 0 radical (unpaired) electrons. The third kappa shape index (κ3) is 6.50. The van der Waals surface area contributed by atoms with Crippen molar-refractivity contribution < 1.29 is 23.9 Å². The molecule has 2 aliphatic rings. The Labute approximate surface area is 234 Å². The number of carbonyl (C=O) groups is 4. The van der Waals surface area contributed by atoms with Crippen LogP contribution in [0.25, 0.3) is 16.8 Å². The van der Waals surface area contributed by atoms with Gasteiger partial charge in [-0.2, -0.15) is 0 Å². The van der Waals surface area contributed by atoms with Crippen LogP contribution in [0.15, 0.2) is 36.5 Å². The number of hydrogen-bond acceptors (Lipinski definition) is 7. The number of nitrogens with one attached hydrogen (secondary N) is 3. The third-order valence-electron chi connectivity index (χ3n) is 7.49. The van der Waals surface area contributed by atoms with Crippen LogP contribution in [0, 0.1) is 11.3 Å². The lowest BCUT2D eigenvalue weighted by atomic mass is 9.90. The summed E-state index contributed by atoms with van der Waals surface area (Å²) in [6, 6.07) is 5.29. The van der Waals surface area contributed by atoms with Crippen molar-refractivity contribution >= 4 is 40.5 Å². The number of hydrazine groups is 1. The lowest BCUT2D eigenvalue weighted by Gasteiger charge is -2.35. The van der Waals surface area contributed by atoms with E-state index in [0.717, 1.165) is 16.3 Å². The van der Waals surface area contributed by atoms with E-state index < -0.39 is 41.5 Å².